The Kier molecular flexibility index (Phi) is 8.17. The van der Waals surface area contributed by atoms with Crippen LogP contribution in [-0.2, 0) is 26.4 Å². The number of methoxy groups -OCH3 is 1. The van der Waals surface area contributed by atoms with Crippen molar-refractivity contribution in [3.05, 3.63) is 68.5 Å². The Morgan fingerprint density at radius 3 is 2.38 bits per heavy atom. The molecule has 0 bridgehead atoms. The van der Waals surface area contributed by atoms with E-state index in [0.717, 1.165) is 0 Å². The molecule has 0 spiro atoms. The fourth-order valence-corrected chi connectivity index (χ4v) is 3.97. The summed E-state index contributed by atoms with van der Waals surface area (Å²) >= 11 is 0. The van der Waals surface area contributed by atoms with Crippen LogP contribution >= 0.6 is 0 Å². The van der Waals surface area contributed by atoms with Gasteiger partial charge in [-0.3, -0.25) is 9.36 Å². The topological polar surface area (TPSA) is 139 Å². The SMILES string of the molecule is CCOC(=O)c1ccc2c(n1)c(=O)n(C(C)(C)C(=O)O)c(=O)n2C[C@H](OC(C)C)c1ccccc1OC. The van der Waals surface area contributed by atoms with Crippen molar-refractivity contribution in [2.75, 3.05) is 13.7 Å². The van der Waals surface area contributed by atoms with Gasteiger partial charge in [0.05, 0.1) is 31.9 Å². The second-order valence-electron chi connectivity index (χ2n) is 9.10. The van der Waals surface area contributed by atoms with Gasteiger partial charge in [-0.2, -0.15) is 0 Å². The van der Waals surface area contributed by atoms with Crippen LogP contribution in [0, 0.1) is 0 Å². The molecule has 0 unspecified atom stereocenters. The Bertz CT molecular complexity index is 1440. The number of carbonyl (C=O) groups excluding carboxylic acids is 1. The maximum absolute atomic E-state index is 13.7. The summed E-state index contributed by atoms with van der Waals surface area (Å²) in [5.74, 6) is -1.60. The molecule has 0 saturated heterocycles. The number of hydrogen-bond donors (Lipinski definition) is 1. The molecule has 3 rings (SSSR count). The molecule has 11 heteroatoms. The molecule has 1 N–H and O–H groups in total. The monoisotopic (exact) mass is 513 g/mol. The molecule has 1 atom stereocenters. The Morgan fingerprint density at radius 1 is 1.11 bits per heavy atom. The second-order valence-corrected chi connectivity index (χ2v) is 9.10. The lowest BCUT2D eigenvalue weighted by atomic mass is 10.1. The highest BCUT2D eigenvalue weighted by atomic mass is 16.5. The zero-order chi connectivity index (χ0) is 27.5. The van der Waals surface area contributed by atoms with Gasteiger partial charge >= 0.3 is 17.6 Å². The number of carbonyl (C=O) groups is 2. The molecular formula is C26H31N3O8. The molecule has 11 nitrogen and oxygen atoms in total. The van der Waals surface area contributed by atoms with E-state index in [1.54, 1.807) is 31.2 Å². The molecule has 0 radical (unpaired) electrons. The first-order valence-corrected chi connectivity index (χ1v) is 11.8. The van der Waals surface area contributed by atoms with E-state index in [1.807, 2.05) is 13.8 Å². The number of para-hydroxylation sites is 1. The highest BCUT2D eigenvalue weighted by Crippen LogP contribution is 2.30. The van der Waals surface area contributed by atoms with Crippen LogP contribution in [-0.4, -0.2) is 51.0 Å². The molecule has 2 aromatic heterocycles. The van der Waals surface area contributed by atoms with Crippen LogP contribution in [0.25, 0.3) is 11.0 Å². The Morgan fingerprint density at radius 2 is 1.78 bits per heavy atom. The predicted molar refractivity (Wildman–Crippen MR) is 135 cm³/mol. The fourth-order valence-electron chi connectivity index (χ4n) is 3.97. The van der Waals surface area contributed by atoms with Crippen LogP contribution in [0.15, 0.2) is 46.0 Å². The summed E-state index contributed by atoms with van der Waals surface area (Å²) in [6.07, 6.45) is -0.951. The maximum atomic E-state index is 13.7. The second kappa shape index (κ2) is 11.0. The first kappa shape index (κ1) is 27.6. The molecule has 0 aliphatic rings. The van der Waals surface area contributed by atoms with Crippen molar-refractivity contribution in [3.63, 3.8) is 0 Å². The average molecular weight is 514 g/mol. The number of rotatable bonds is 10. The van der Waals surface area contributed by atoms with Gasteiger partial charge in [0.2, 0.25) is 0 Å². The van der Waals surface area contributed by atoms with Crippen LogP contribution in [0.5, 0.6) is 5.75 Å². The molecule has 3 aromatic rings. The lowest BCUT2D eigenvalue weighted by Gasteiger charge is -2.27. The third kappa shape index (κ3) is 5.41. The van der Waals surface area contributed by atoms with Crippen molar-refractivity contribution in [3.8, 4) is 5.75 Å². The summed E-state index contributed by atoms with van der Waals surface area (Å²) in [4.78, 5) is 55.7. The number of carboxylic acids is 1. The first-order chi connectivity index (χ1) is 17.4. The number of hydrogen-bond acceptors (Lipinski definition) is 8. The van der Waals surface area contributed by atoms with E-state index in [4.69, 9.17) is 14.2 Å². The molecule has 0 aliphatic carbocycles. The lowest BCUT2D eigenvalue weighted by molar-refractivity contribution is -0.146. The van der Waals surface area contributed by atoms with E-state index in [-0.39, 0.29) is 36.0 Å². The zero-order valence-electron chi connectivity index (χ0n) is 21.7. The predicted octanol–water partition coefficient (Wildman–Crippen LogP) is 2.73. The molecule has 1 aromatic carbocycles. The number of aromatic nitrogens is 3. The van der Waals surface area contributed by atoms with Crippen molar-refractivity contribution in [2.24, 2.45) is 0 Å². The third-order valence-electron chi connectivity index (χ3n) is 5.83. The van der Waals surface area contributed by atoms with Gasteiger partial charge in [-0.05, 0) is 52.8 Å². The number of pyridine rings is 1. The van der Waals surface area contributed by atoms with Gasteiger partial charge in [0.15, 0.2) is 5.52 Å². The number of aliphatic carboxylic acids is 1. The van der Waals surface area contributed by atoms with E-state index in [9.17, 15) is 24.3 Å². The molecule has 2 heterocycles. The van der Waals surface area contributed by atoms with E-state index in [1.165, 1.54) is 37.7 Å². The van der Waals surface area contributed by atoms with E-state index < -0.39 is 34.8 Å². The van der Waals surface area contributed by atoms with E-state index in [2.05, 4.69) is 4.98 Å². The number of fused-ring (bicyclic) bond motifs is 1. The summed E-state index contributed by atoms with van der Waals surface area (Å²) < 4.78 is 18.5. The maximum Gasteiger partial charge on any atom is 0.356 e. The van der Waals surface area contributed by atoms with Crippen molar-refractivity contribution in [2.45, 2.75) is 58.9 Å². The summed E-state index contributed by atoms with van der Waals surface area (Å²) in [6, 6.07) is 9.93. The van der Waals surface area contributed by atoms with E-state index in [0.29, 0.717) is 15.9 Å². The van der Waals surface area contributed by atoms with Crippen molar-refractivity contribution in [1.29, 1.82) is 0 Å². The van der Waals surface area contributed by atoms with E-state index >= 15 is 0 Å². The number of ether oxygens (including phenoxy) is 3. The highest BCUT2D eigenvalue weighted by Gasteiger charge is 2.35. The number of nitrogens with zero attached hydrogens (tertiary/aromatic N) is 3. The summed E-state index contributed by atoms with van der Waals surface area (Å²) in [5, 5.41) is 9.82. The highest BCUT2D eigenvalue weighted by molar-refractivity contribution is 5.90. The van der Waals surface area contributed by atoms with Crippen LogP contribution in [0.3, 0.4) is 0 Å². The standard InChI is InChI=1S/C26H31N3O8/c1-7-36-23(31)17-12-13-18-21(27-17)22(30)29(26(4,5)24(32)33)25(34)28(18)14-20(37-15(2)3)16-10-8-9-11-19(16)35-6/h8-13,15,20H,7,14H2,1-6H3,(H,32,33)/t20-/m0/s1. The van der Waals surface area contributed by atoms with Crippen molar-refractivity contribution >= 4 is 23.0 Å². The summed E-state index contributed by atoms with van der Waals surface area (Å²) in [5.41, 5.74) is -3.32. The van der Waals surface area contributed by atoms with Crippen molar-refractivity contribution in [1.82, 2.24) is 14.1 Å². The number of carboxylic acid groups (broad SMARTS) is 1. The Hall–Kier alpha value is -3.99. The van der Waals surface area contributed by atoms with Crippen LogP contribution in [0.4, 0.5) is 0 Å². The van der Waals surface area contributed by atoms with Gasteiger partial charge in [0, 0.05) is 5.56 Å². The van der Waals surface area contributed by atoms with Gasteiger partial charge in [0.1, 0.15) is 23.1 Å². The molecule has 198 valence electrons. The van der Waals surface area contributed by atoms with Gasteiger partial charge in [0.25, 0.3) is 5.56 Å². The molecule has 0 aliphatic heterocycles. The minimum absolute atomic E-state index is 0.0930. The third-order valence-corrected chi connectivity index (χ3v) is 5.83. The van der Waals surface area contributed by atoms with Crippen molar-refractivity contribution < 1.29 is 28.9 Å². The number of esters is 1. The van der Waals surface area contributed by atoms with Crippen LogP contribution < -0.4 is 16.0 Å². The molecular weight excluding hydrogens is 482 g/mol. The normalized spacial score (nSPS) is 12.5. The first-order valence-electron chi connectivity index (χ1n) is 11.8. The van der Waals surface area contributed by atoms with Gasteiger partial charge in [-0.1, -0.05) is 18.2 Å². The van der Waals surface area contributed by atoms with Gasteiger partial charge in [-0.15, -0.1) is 0 Å². The van der Waals surface area contributed by atoms with Crippen LogP contribution in [0.2, 0.25) is 0 Å². The largest absolute Gasteiger partial charge is 0.496 e. The minimum Gasteiger partial charge on any atom is -0.496 e. The quantitative estimate of drug-likeness (QED) is 0.405. The van der Waals surface area contributed by atoms with Crippen LogP contribution in [0.1, 0.15) is 56.8 Å². The summed E-state index contributed by atoms with van der Waals surface area (Å²) in [7, 11) is 1.52. The summed E-state index contributed by atoms with van der Waals surface area (Å²) in [6.45, 7) is 7.80. The Balaban J connectivity index is 2.36. The smallest absolute Gasteiger partial charge is 0.356 e. The fraction of sp³-hybridized carbons (Fsp3) is 0.423. The lowest BCUT2D eigenvalue weighted by Crippen LogP contribution is -2.53. The molecule has 37 heavy (non-hydrogen) atoms. The Labute approximate surface area is 213 Å². The van der Waals surface area contributed by atoms with Gasteiger partial charge < -0.3 is 19.3 Å². The number of benzene rings is 1. The molecule has 0 fully saturated rings. The molecule has 0 saturated carbocycles. The minimum atomic E-state index is -1.91. The zero-order valence-corrected chi connectivity index (χ0v) is 21.7. The average Bonchev–Trinajstić information content (AvgIpc) is 2.85. The molecule has 0 amide bonds. The van der Waals surface area contributed by atoms with Gasteiger partial charge in [-0.25, -0.2) is 23.9 Å².